The number of imidazole rings is 1. The Labute approximate surface area is 88.2 Å². The second-order valence-corrected chi connectivity index (χ2v) is 4.20. The van der Waals surface area contributed by atoms with Gasteiger partial charge in [0.05, 0.1) is 7.05 Å². The third-order valence-corrected chi connectivity index (χ3v) is 2.98. The highest BCUT2D eigenvalue weighted by Gasteiger charge is 2.00. The fourth-order valence-electron chi connectivity index (χ4n) is 1.24. The Kier molecular flexibility index (Phi) is 2.89. The molecule has 0 radical (unpaired) electrons. The molecule has 0 atom stereocenters. The first kappa shape index (κ1) is 9.34. The van der Waals surface area contributed by atoms with Crippen LogP contribution in [0.4, 0.5) is 0 Å². The molecule has 72 valence electrons. The molecule has 1 aromatic carbocycles. The summed E-state index contributed by atoms with van der Waals surface area (Å²) in [6.07, 6.45) is 6.21. The van der Waals surface area contributed by atoms with Gasteiger partial charge >= 0.3 is 0 Å². The van der Waals surface area contributed by atoms with Crippen LogP contribution in [0.25, 0.3) is 0 Å². The van der Waals surface area contributed by atoms with Gasteiger partial charge < -0.3 is 0 Å². The van der Waals surface area contributed by atoms with Crippen molar-refractivity contribution in [2.24, 2.45) is 7.05 Å². The van der Waals surface area contributed by atoms with Gasteiger partial charge in [-0.15, -0.1) is 0 Å². The van der Waals surface area contributed by atoms with Crippen LogP contribution in [0.1, 0.15) is 0 Å². The van der Waals surface area contributed by atoms with Crippen LogP contribution in [-0.4, -0.2) is 4.57 Å². The standard InChI is InChI=1S/C11H13N2S/c1-12-7-8-13(9-12)10-14-11-5-3-2-4-6-11/h2-9H,10H2,1H3/q+1. The predicted molar refractivity (Wildman–Crippen MR) is 57.9 cm³/mol. The lowest BCUT2D eigenvalue weighted by Crippen LogP contribution is -2.23. The largest absolute Gasteiger partial charge is 0.244 e. The number of hydrogen-bond acceptors (Lipinski definition) is 1. The Hall–Kier alpha value is -1.22. The van der Waals surface area contributed by atoms with Gasteiger partial charge in [-0.2, -0.15) is 0 Å². The van der Waals surface area contributed by atoms with E-state index in [1.54, 1.807) is 0 Å². The van der Waals surface area contributed by atoms with E-state index in [4.69, 9.17) is 0 Å². The second kappa shape index (κ2) is 4.33. The van der Waals surface area contributed by atoms with Crippen molar-refractivity contribution in [2.45, 2.75) is 10.8 Å². The quantitative estimate of drug-likeness (QED) is 0.550. The molecule has 0 bridgehead atoms. The third-order valence-electron chi connectivity index (χ3n) is 1.95. The van der Waals surface area contributed by atoms with E-state index >= 15 is 0 Å². The van der Waals surface area contributed by atoms with Crippen molar-refractivity contribution in [2.75, 3.05) is 0 Å². The summed E-state index contributed by atoms with van der Waals surface area (Å²) in [5.41, 5.74) is 0. The first-order valence-corrected chi connectivity index (χ1v) is 5.52. The highest BCUT2D eigenvalue weighted by Crippen LogP contribution is 2.18. The van der Waals surface area contributed by atoms with Gasteiger partial charge in [0.2, 0.25) is 6.33 Å². The van der Waals surface area contributed by atoms with Gasteiger partial charge in [0.25, 0.3) is 0 Å². The van der Waals surface area contributed by atoms with Gasteiger partial charge in [0, 0.05) is 4.90 Å². The predicted octanol–water partition coefficient (Wildman–Crippen LogP) is 2.06. The van der Waals surface area contributed by atoms with Crippen LogP contribution in [0, 0.1) is 0 Å². The number of thioether (sulfide) groups is 1. The van der Waals surface area contributed by atoms with Gasteiger partial charge in [-0.1, -0.05) is 30.0 Å². The maximum absolute atomic E-state index is 2.16. The average Bonchev–Trinajstić information content (AvgIpc) is 2.63. The van der Waals surface area contributed by atoms with E-state index < -0.39 is 0 Å². The zero-order chi connectivity index (χ0) is 9.80. The zero-order valence-electron chi connectivity index (χ0n) is 8.13. The maximum atomic E-state index is 2.16. The summed E-state index contributed by atoms with van der Waals surface area (Å²) in [6.45, 7) is 0. The minimum atomic E-state index is 0.963. The van der Waals surface area contributed by atoms with Crippen LogP contribution in [0.3, 0.4) is 0 Å². The summed E-state index contributed by atoms with van der Waals surface area (Å²) < 4.78 is 4.21. The molecule has 3 heteroatoms. The van der Waals surface area contributed by atoms with E-state index in [1.165, 1.54) is 4.90 Å². The molecule has 0 amide bonds. The molecule has 0 aliphatic carbocycles. The topological polar surface area (TPSA) is 8.81 Å². The van der Waals surface area contributed by atoms with Crippen molar-refractivity contribution < 1.29 is 4.57 Å². The smallest absolute Gasteiger partial charge is 0.240 e. The summed E-state index contributed by atoms with van der Waals surface area (Å²) in [7, 11) is 2.03. The molecule has 0 unspecified atom stereocenters. The number of benzene rings is 1. The minimum Gasteiger partial charge on any atom is -0.240 e. The number of aryl methyl sites for hydroxylation is 1. The first-order valence-electron chi connectivity index (χ1n) is 4.53. The number of aromatic nitrogens is 2. The molecule has 0 spiro atoms. The van der Waals surface area contributed by atoms with Crippen molar-refractivity contribution in [1.29, 1.82) is 0 Å². The highest BCUT2D eigenvalue weighted by molar-refractivity contribution is 7.98. The van der Waals surface area contributed by atoms with Crippen LogP contribution >= 0.6 is 11.8 Å². The van der Waals surface area contributed by atoms with E-state index in [9.17, 15) is 0 Å². The average molecular weight is 205 g/mol. The van der Waals surface area contributed by atoms with Gasteiger partial charge in [-0.25, -0.2) is 9.13 Å². The van der Waals surface area contributed by atoms with Crippen LogP contribution < -0.4 is 4.57 Å². The van der Waals surface area contributed by atoms with Crippen molar-refractivity contribution in [3.05, 3.63) is 49.1 Å². The molecule has 2 rings (SSSR count). The van der Waals surface area contributed by atoms with E-state index in [2.05, 4.69) is 41.4 Å². The molecule has 0 aliphatic heterocycles. The molecular formula is C11H13N2S+. The molecule has 0 fully saturated rings. The first-order chi connectivity index (χ1) is 6.84. The fourth-order valence-corrected chi connectivity index (χ4v) is 2.04. The fraction of sp³-hybridized carbons (Fsp3) is 0.182. The summed E-state index contributed by atoms with van der Waals surface area (Å²) in [5, 5.41) is 0. The van der Waals surface area contributed by atoms with E-state index in [1.807, 2.05) is 35.6 Å². The molecule has 0 aliphatic rings. The van der Waals surface area contributed by atoms with Gasteiger partial charge in [0.15, 0.2) is 0 Å². The van der Waals surface area contributed by atoms with Crippen LogP contribution in [0.2, 0.25) is 0 Å². The maximum Gasteiger partial charge on any atom is 0.244 e. The summed E-state index contributed by atoms with van der Waals surface area (Å²) in [6, 6.07) is 10.4. The Morgan fingerprint density at radius 3 is 2.71 bits per heavy atom. The Bertz CT molecular complexity index is 395. The third kappa shape index (κ3) is 2.39. The number of nitrogens with zero attached hydrogens (tertiary/aromatic N) is 2. The van der Waals surface area contributed by atoms with Crippen molar-refractivity contribution in [3.63, 3.8) is 0 Å². The van der Waals surface area contributed by atoms with Crippen molar-refractivity contribution >= 4 is 11.8 Å². The molecular weight excluding hydrogens is 192 g/mol. The lowest BCUT2D eigenvalue weighted by molar-refractivity contribution is -0.670. The number of rotatable bonds is 3. The minimum absolute atomic E-state index is 0.963. The lowest BCUT2D eigenvalue weighted by atomic mass is 10.4. The van der Waals surface area contributed by atoms with Crippen LogP contribution in [-0.2, 0) is 12.9 Å². The number of hydrogen-bond donors (Lipinski definition) is 0. The molecule has 2 aromatic rings. The lowest BCUT2D eigenvalue weighted by Gasteiger charge is -1.97. The molecule has 14 heavy (non-hydrogen) atoms. The van der Waals surface area contributed by atoms with Crippen LogP contribution in [0.15, 0.2) is 53.9 Å². The highest BCUT2D eigenvalue weighted by atomic mass is 32.2. The van der Waals surface area contributed by atoms with Gasteiger partial charge in [0.1, 0.15) is 18.3 Å². The van der Waals surface area contributed by atoms with Gasteiger partial charge in [-0.3, -0.25) is 0 Å². The summed E-state index contributed by atoms with van der Waals surface area (Å²) >= 11 is 1.84. The van der Waals surface area contributed by atoms with Gasteiger partial charge in [-0.05, 0) is 12.1 Å². The zero-order valence-corrected chi connectivity index (χ0v) is 8.95. The molecule has 2 nitrogen and oxygen atoms in total. The van der Waals surface area contributed by atoms with E-state index in [0.717, 1.165) is 5.88 Å². The summed E-state index contributed by atoms with van der Waals surface area (Å²) in [5.74, 6) is 0.963. The molecule has 0 saturated carbocycles. The normalized spacial score (nSPS) is 10.4. The summed E-state index contributed by atoms with van der Waals surface area (Å²) in [4.78, 5) is 1.31. The SMILES string of the molecule is C[n+]1ccn(CSc2ccccc2)c1. The van der Waals surface area contributed by atoms with E-state index in [-0.39, 0.29) is 0 Å². The molecule has 1 aromatic heterocycles. The Morgan fingerprint density at radius 1 is 1.29 bits per heavy atom. The molecule has 1 heterocycles. The Morgan fingerprint density at radius 2 is 2.07 bits per heavy atom. The van der Waals surface area contributed by atoms with E-state index in [0.29, 0.717) is 0 Å². The van der Waals surface area contributed by atoms with Crippen molar-refractivity contribution in [1.82, 2.24) is 4.57 Å². The molecule has 0 saturated heterocycles. The Balaban J connectivity index is 1.95. The van der Waals surface area contributed by atoms with Crippen LogP contribution in [0.5, 0.6) is 0 Å². The van der Waals surface area contributed by atoms with Crippen molar-refractivity contribution in [3.8, 4) is 0 Å². The second-order valence-electron chi connectivity index (χ2n) is 3.18. The monoisotopic (exact) mass is 205 g/mol. The molecule has 0 N–H and O–H groups in total.